The van der Waals surface area contributed by atoms with Crippen LogP contribution in [-0.2, 0) is 9.53 Å². The number of carbonyl (C=O) groups is 2. The second-order valence-electron chi connectivity index (χ2n) is 4.19. The number of esters is 1. The van der Waals surface area contributed by atoms with Gasteiger partial charge in [-0.25, -0.2) is 14.3 Å². The molecule has 1 aromatic heterocycles. The molecule has 6 heteroatoms. The Bertz CT molecular complexity index is 403. The Kier molecular flexibility index (Phi) is 3.31. The Morgan fingerprint density at radius 1 is 1.38 bits per heavy atom. The highest BCUT2D eigenvalue weighted by atomic mass is 16.6. The lowest BCUT2D eigenvalue weighted by Crippen LogP contribution is -2.26. The van der Waals surface area contributed by atoms with E-state index in [0.29, 0.717) is 0 Å². The molecule has 0 bridgehead atoms. The molecule has 0 radical (unpaired) electrons. The second-order valence-corrected chi connectivity index (χ2v) is 4.19. The first-order valence-corrected chi connectivity index (χ1v) is 4.74. The summed E-state index contributed by atoms with van der Waals surface area (Å²) < 4.78 is 10.9. The zero-order chi connectivity index (χ0) is 12.3. The first-order valence-electron chi connectivity index (χ1n) is 4.74. The predicted octanol–water partition coefficient (Wildman–Crippen LogP) is 1.59. The van der Waals surface area contributed by atoms with Crippen LogP contribution in [0.5, 0.6) is 5.88 Å². The number of aromatic nitrogens is 2. The average molecular weight is 226 g/mol. The first kappa shape index (κ1) is 12.2. The topological polar surface area (TPSA) is 70.4 Å². The summed E-state index contributed by atoms with van der Waals surface area (Å²) in [6.45, 7) is 6.53. The molecule has 1 aromatic rings. The van der Waals surface area contributed by atoms with Crippen molar-refractivity contribution in [3.05, 3.63) is 12.5 Å². The molecule has 88 valence electrons. The van der Waals surface area contributed by atoms with E-state index in [0.717, 1.165) is 4.57 Å². The van der Waals surface area contributed by atoms with Crippen molar-refractivity contribution >= 4 is 12.1 Å². The van der Waals surface area contributed by atoms with Crippen LogP contribution in [0.25, 0.3) is 0 Å². The van der Waals surface area contributed by atoms with Gasteiger partial charge in [0.05, 0.1) is 6.20 Å². The summed E-state index contributed by atoms with van der Waals surface area (Å²) >= 11 is 0. The number of imidazole rings is 1. The quantitative estimate of drug-likeness (QED) is 0.680. The van der Waals surface area contributed by atoms with Gasteiger partial charge in [-0.3, -0.25) is 4.79 Å². The molecule has 0 N–H and O–H groups in total. The SMILES string of the molecule is CC(=O)Oc1cn(C(=O)OC(C)(C)C)cn1. The Morgan fingerprint density at radius 3 is 2.50 bits per heavy atom. The van der Waals surface area contributed by atoms with E-state index in [9.17, 15) is 9.59 Å². The van der Waals surface area contributed by atoms with E-state index in [4.69, 9.17) is 9.47 Å². The zero-order valence-electron chi connectivity index (χ0n) is 9.68. The van der Waals surface area contributed by atoms with Crippen LogP contribution in [0.3, 0.4) is 0 Å². The number of nitrogens with zero attached hydrogens (tertiary/aromatic N) is 2. The zero-order valence-corrected chi connectivity index (χ0v) is 9.68. The molecule has 0 aliphatic carbocycles. The van der Waals surface area contributed by atoms with Crippen LogP contribution in [-0.4, -0.2) is 27.2 Å². The van der Waals surface area contributed by atoms with Gasteiger partial charge < -0.3 is 9.47 Å². The van der Waals surface area contributed by atoms with Crippen LogP contribution in [0, 0.1) is 0 Å². The first-order chi connectivity index (χ1) is 7.28. The smallest absolute Gasteiger partial charge is 0.419 e. The average Bonchev–Trinajstić information content (AvgIpc) is 2.48. The predicted molar refractivity (Wildman–Crippen MR) is 55.2 cm³/mol. The molecule has 0 saturated heterocycles. The number of rotatable bonds is 1. The van der Waals surface area contributed by atoms with Gasteiger partial charge in [-0.05, 0) is 20.8 Å². The van der Waals surface area contributed by atoms with Gasteiger partial charge in [-0.1, -0.05) is 0 Å². The Hall–Kier alpha value is -1.85. The van der Waals surface area contributed by atoms with Crippen molar-refractivity contribution < 1.29 is 19.1 Å². The molecular weight excluding hydrogens is 212 g/mol. The summed E-state index contributed by atoms with van der Waals surface area (Å²) in [5.41, 5.74) is -0.580. The van der Waals surface area contributed by atoms with Gasteiger partial charge in [0.1, 0.15) is 11.9 Å². The summed E-state index contributed by atoms with van der Waals surface area (Å²) in [6.07, 6.45) is 1.94. The van der Waals surface area contributed by atoms with Gasteiger partial charge >= 0.3 is 12.1 Å². The van der Waals surface area contributed by atoms with Crippen molar-refractivity contribution in [2.24, 2.45) is 0 Å². The van der Waals surface area contributed by atoms with E-state index in [1.165, 1.54) is 19.4 Å². The van der Waals surface area contributed by atoms with E-state index >= 15 is 0 Å². The highest BCUT2D eigenvalue weighted by molar-refractivity contribution is 5.72. The van der Waals surface area contributed by atoms with Crippen LogP contribution < -0.4 is 4.74 Å². The lowest BCUT2D eigenvalue weighted by Gasteiger charge is -2.18. The number of hydrogen-bond donors (Lipinski definition) is 0. The van der Waals surface area contributed by atoms with Gasteiger partial charge in [-0.2, -0.15) is 0 Å². The molecule has 0 aromatic carbocycles. The maximum atomic E-state index is 11.5. The van der Waals surface area contributed by atoms with Gasteiger partial charge in [-0.15, -0.1) is 0 Å². The summed E-state index contributed by atoms with van der Waals surface area (Å²) in [5.74, 6) is -0.423. The maximum Gasteiger partial charge on any atom is 0.419 e. The summed E-state index contributed by atoms with van der Waals surface area (Å²) in [4.78, 5) is 25.9. The molecular formula is C10H14N2O4. The molecule has 1 heterocycles. The van der Waals surface area contributed by atoms with Crippen LogP contribution in [0.4, 0.5) is 4.79 Å². The van der Waals surface area contributed by atoms with Crippen molar-refractivity contribution in [3.63, 3.8) is 0 Å². The normalized spacial score (nSPS) is 11.0. The van der Waals surface area contributed by atoms with Crippen molar-refractivity contribution in [2.75, 3.05) is 0 Å². The minimum absolute atomic E-state index is 0.0679. The largest absolute Gasteiger partial charge is 0.443 e. The second kappa shape index (κ2) is 4.34. The van der Waals surface area contributed by atoms with Crippen LogP contribution >= 0.6 is 0 Å². The van der Waals surface area contributed by atoms with Gasteiger partial charge in [0.25, 0.3) is 0 Å². The monoisotopic (exact) mass is 226 g/mol. The van der Waals surface area contributed by atoms with E-state index in [1.807, 2.05) is 0 Å². The van der Waals surface area contributed by atoms with Crippen LogP contribution in [0.2, 0.25) is 0 Å². The lowest BCUT2D eigenvalue weighted by molar-refractivity contribution is -0.132. The van der Waals surface area contributed by atoms with Crippen molar-refractivity contribution in [3.8, 4) is 5.88 Å². The fourth-order valence-corrected chi connectivity index (χ4v) is 0.919. The third kappa shape index (κ3) is 3.72. The van der Waals surface area contributed by atoms with Crippen molar-refractivity contribution in [2.45, 2.75) is 33.3 Å². The molecule has 0 amide bonds. The molecule has 0 unspecified atom stereocenters. The minimum Gasteiger partial charge on any atom is -0.443 e. The van der Waals surface area contributed by atoms with Gasteiger partial charge in [0.15, 0.2) is 0 Å². The third-order valence-corrected chi connectivity index (χ3v) is 1.41. The molecule has 0 spiro atoms. The summed E-state index contributed by atoms with van der Waals surface area (Å²) in [6, 6.07) is 0. The number of carbonyl (C=O) groups excluding carboxylic acids is 2. The number of hydrogen-bond acceptors (Lipinski definition) is 5. The molecule has 0 aliphatic heterocycles. The van der Waals surface area contributed by atoms with Gasteiger partial charge in [0.2, 0.25) is 5.88 Å². The Labute approximate surface area is 93.2 Å². The van der Waals surface area contributed by atoms with Gasteiger partial charge in [0, 0.05) is 6.92 Å². The Morgan fingerprint density at radius 2 is 2.00 bits per heavy atom. The van der Waals surface area contributed by atoms with Crippen LogP contribution in [0.1, 0.15) is 27.7 Å². The molecule has 0 saturated carbocycles. The molecule has 6 nitrogen and oxygen atoms in total. The van der Waals surface area contributed by atoms with Crippen molar-refractivity contribution in [1.29, 1.82) is 0 Å². The highest BCUT2D eigenvalue weighted by Gasteiger charge is 2.18. The van der Waals surface area contributed by atoms with E-state index < -0.39 is 17.7 Å². The molecule has 1 rings (SSSR count). The highest BCUT2D eigenvalue weighted by Crippen LogP contribution is 2.11. The van der Waals surface area contributed by atoms with E-state index in [2.05, 4.69) is 4.98 Å². The van der Waals surface area contributed by atoms with E-state index in [1.54, 1.807) is 20.8 Å². The summed E-state index contributed by atoms with van der Waals surface area (Å²) in [5, 5.41) is 0. The standard InChI is InChI=1S/C10H14N2O4/c1-7(13)15-8-5-12(6-11-8)9(14)16-10(2,3)4/h5-6H,1-4H3. The van der Waals surface area contributed by atoms with E-state index in [-0.39, 0.29) is 5.88 Å². The van der Waals surface area contributed by atoms with Crippen molar-refractivity contribution in [1.82, 2.24) is 9.55 Å². The minimum atomic E-state index is -0.580. The fraction of sp³-hybridized carbons (Fsp3) is 0.500. The molecule has 0 fully saturated rings. The molecule has 0 atom stereocenters. The third-order valence-electron chi connectivity index (χ3n) is 1.41. The Balaban J connectivity index is 2.71. The summed E-state index contributed by atoms with van der Waals surface area (Å²) in [7, 11) is 0. The maximum absolute atomic E-state index is 11.5. The molecule has 16 heavy (non-hydrogen) atoms. The fourth-order valence-electron chi connectivity index (χ4n) is 0.919. The number of ether oxygens (including phenoxy) is 2. The lowest BCUT2D eigenvalue weighted by atomic mass is 10.2. The van der Waals surface area contributed by atoms with Crippen LogP contribution in [0.15, 0.2) is 12.5 Å². The molecule has 0 aliphatic rings.